The first kappa shape index (κ1) is 10.7. The average molecular weight is 221 g/mol. The Hall–Kier alpha value is -1.85. The topological polar surface area (TPSA) is 84.1 Å². The number of carbonyl (C=O) groups excluding carboxylic acids is 1. The second-order valence-corrected chi connectivity index (χ2v) is 3.77. The number of anilines is 2. The Morgan fingerprint density at radius 2 is 2.44 bits per heavy atom. The summed E-state index contributed by atoms with van der Waals surface area (Å²) in [7, 11) is 1.65. The van der Waals surface area contributed by atoms with E-state index in [1.54, 1.807) is 13.1 Å². The predicted molar refractivity (Wildman–Crippen MR) is 60.9 cm³/mol. The molecule has 3 N–H and O–H groups in total. The highest BCUT2D eigenvalue weighted by Gasteiger charge is 2.30. The molecular weight excluding hydrogens is 206 g/mol. The van der Waals surface area contributed by atoms with E-state index in [1.807, 2.05) is 4.90 Å². The lowest BCUT2D eigenvalue weighted by Crippen LogP contribution is -2.42. The number of aromatic nitrogens is 2. The predicted octanol–water partition coefficient (Wildman–Crippen LogP) is -0.226. The zero-order valence-corrected chi connectivity index (χ0v) is 9.18. The maximum atomic E-state index is 11.7. The van der Waals surface area contributed by atoms with Crippen molar-refractivity contribution in [3.05, 3.63) is 12.4 Å². The van der Waals surface area contributed by atoms with Crippen LogP contribution in [0.25, 0.3) is 0 Å². The van der Waals surface area contributed by atoms with Gasteiger partial charge in [-0.2, -0.15) is 0 Å². The van der Waals surface area contributed by atoms with Crippen LogP contribution in [-0.2, 0) is 4.79 Å². The molecule has 6 heteroatoms. The highest BCUT2D eigenvalue weighted by molar-refractivity contribution is 5.85. The first-order valence-corrected chi connectivity index (χ1v) is 5.28. The summed E-state index contributed by atoms with van der Waals surface area (Å²) in [6, 6.07) is 1.56. The summed E-state index contributed by atoms with van der Waals surface area (Å²) < 4.78 is 0. The summed E-state index contributed by atoms with van der Waals surface area (Å²) in [5.74, 6) is 1.17. The molecule has 0 radical (unpaired) electrons. The fourth-order valence-corrected chi connectivity index (χ4v) is 2.00. The summed E-state index contributed by atoms with van der Waals surface area (Å²) in [6.45, 7) is 0.828. The van der Waals surface area contributed by atoms with E-state index in [1.165, 1.54) is 6.33 Å². The van der Waals surface area contributed by atoms with Crippen LogP contribution in [-0.4, -0.2) is 35.5 Å². The molecule has 0 saturated carbocycles. The van der Waals surface area contributed by atoms with Crippen molar-refractivity contribution >= 4 is 17.5 Å². The van der Waals surface area contributed by atoms with Crippen LogP contribution in [0.3, 0.4) is 0 Å². The van der Waals surface area contributed by atoms with E-state index in [9.17, 15) is 4.79 Å². The third kappa shape index (κ3) is 1.91. The van der Waals surface area contributed by atoms with Gasteiger partial charge in [0.15, 0.2) is 0 Å². The molecule has 1 aromatic rings. The van der Waals surface area contributed by atoms with Crippen molar-refractivity contribution in [3.8, 4) is 0 Å². The molecule has 2 rings (SSSR count). The summed E-state index contributed by atoms with van der Waals surface area (Å²) >= 11 is 0. The highest BCUT2D eigenvalue weighted by Crippen LogP contribution is 2.24. The normalized spacial score (nSPS) is 19.8. The minimum atomic E-state index is -0.140. The fourth-order valence-electron chi connectivity index (χ4n) is 2.00. The van der Waals surface area contributed by atoms with Gasteiger partial charge in [-0.1, -0.05) is 0 Å². The maximum absolute atomic E-state index is 11.7. The Bertz CT molecular complexity index is 395. The Kier molecular flexibility index (Phi) is 2.89. The molecule has 0 bridgehead atoms. The number of hydrogen-bond acceptors (Lipinski definition) is 5. The van der Waals surface area contributed by atoms with Gasteiger partial charge in [-0.05, 0) is 12.8 Å². The van der Waals surface area contributed by atoms with Crippen LogP contribution in [0, 0.1) is 0 Å². The smallest absolute Gasteiger partial charge is 0.242 e. The summed E-state index contributed by atoms with van der Waals surface area (Å²) in [4.78, 5) is 21.6. The van der Waals surface area contributed by atoms with Gasteiger partial charge in [0, 0.05) is 19.7 Å². The number of hydrogen-bond donors (Lipinski definition) is 2. The Morgan fingerprint density at radius 1 is 1.62 bits per heavy atom. The van der Waals surface area contributed by atoms with Crippen LogP contribution in [0.4, 0.5) is 11.6 Å². The Morgan fingerprint density at radius 3 is 3.12 bits per heavy atom. The van der Waals surface area contributed by atoms with Crippen LogP contribution < -0.4 is 16.0 Å². The van der Waals surface area contributed by atoms with Crippen molar-refractivity contribution in [2.24, 2.45) is 0 Å². The van der Waals surface area contributed by atoms with E-state index in [-0.39, 0.29) is 11.9 Å². The number of nitrogen functional groups attached to an aromatic ring is 1. The number of carbonyl (C=O) groups is 1. The minimum absolute atomic E-state index is 0.0229. The zero-order chi connectivity index (χ0) is 11.5. The summed E-state index contributed by atoms with van der Waals surface area (Å²) in [5, 5.41) is 2.67. The third-order valence-electron chi connectivity index (χ3n) is 2.77. The van der Waals surface area contributed by atoms with Crippen LogP contribution >= 0.6 is 0 Å². The standard InChI is InChI=1S/C10H15N5O/c1-12-10(16)7-3-2-4-15(7)9-5-8(11)13-6-14-9/h5-7H,2-4H2,1H3,(H,12,16)(H2,11,13,14). The molecule has 1 amide bonds. The van der Waals surface area contributed by atoms with E-state index in [0.29, 0.717) is 5.82 Å². The molecule has 16 heavy (non-hydrogen) atoms. The molecule has 1 aliphatic rings. The Balaban J connectivity index is 2.23. The second-order valence-electron chi connectivity index (χ2n) is 3.77. The maximum Gasteiger partial charge on any atom is 0.242 e. The summed E-state index contributed by atoms with van der Waals surface area (Å²) in [5.41, 5.74) is 5.60. The lowest BCUT2D eigenvalue weighted by molar-refractivity contribution is -0.121. The van der Waals surface area contributed by atoms with E-state index < -0.39 is 0 Å². The van der Waals surface area contributed by atoms with Gasteiger partial charge in [0.2, 0.25) is 5.91 Å². The van der Waals surface area contributed by atoms with Crippen LogP contribution in [0.15, 0.2) is 12.4 Å². The number of likely N-dealkylation sites (N-methyl/N-ethyl adjacent to an activating group) is 1. The molecule has 0 aromatic carbocycles. The van der Waals surface area contributed by atoms with Gasteiger partial charge in [0.1, 0.15) is 24.0 Å². The van der Waals surface area contributed by atoms with E-state index in [2.05, 4.69) is 15.3 Å². The van der Waals surface area contributed by atoms with Gasteiger partial charge in [0.25, 0.3) is 0 Å². The van der Waals surface area contributed by atoms with Gasteiger partial charge in [-0.25, -0.2) is 9.97 Å². The van der Waals surface area contributed by atoms with Crippen molar-refractivity contribution in [1.29, 1.82) is 0 Å². The number of nitrogens with zero attached hydrogens (tertiary/aromatic N) is 3. The molecule has 1 unspecified atom stereocenters. The van der Waals surface area contributed by atoms with Gasteiger partial charge >= 0.3 is 0 Å². The highest BCUT2D eigenvalue weighted by atomic mass is 16.2. The number of nitrogens with two attached hydrogens (primary N) is 1. The van der Waals surface area contributed by atoms with E-state index in [0.717, 1.165) is 25.2 Å². The van der Waals surface area contributed by atoms with E-state index >= 15 is 0 Å². The van der Waals surface area contributed by atoms with Gasteiger partial charge in [0.05, 0.1) is 0 Å². The average Bonchev–Trinajstić information content (AvgIpc) is 2.77. The fraction of sp³-hybridized carbons (Fsp3) is 0.500. The van der Waals surface area contributed by atoms with Gasteiger partial charge in [-0.15, -0.1) is 0 Å². The largest absolute Gasteiger partial charge is 0.384 e. The molecule has 1 saturated heterocycles. The lowest BCUT2D eigenvalue weighted by atomic mass is 10.2. The summed E-state index contributed by atoms with van der Waals surface area (Å²) in [6.07, 6.45) is 3.26. The second kappa shape index (κ2) is 4.34. The lowest BCUT2D eigenvalue weighted by Gasteiger charge is -2.24. The molecule has 1 aromatic heterocycles. The van der Waals surface area contributed by atoms with Crippen LogP contribution in [0.2, 0.25) is 0 Å². The third-order valence-corrected chi connectivity index (χ3v) is 2.77. The van der Waals surface area contributed by atoms with Crippen molar-refractivity contribution in [3.63, 3.8) is 0 Å². The molecule has 86 valence electrons. The first-order chi connectivity index (χ1) is 7.72. The monoisotopic (exact) mass is 221 g/mol. The molecule has 0 spiro atoms. The van der Waals surface area contributed by atoms with E-state index in [4.69, 9.17) is 5.73 Å². The molecular formula is C10H15N5O. The minimum Gasteiger partial charge on any atom is -0.384 e. The van der Waals surface area contributed by atoms with Crippen molar-refractivity contribution in [1.82, 2.24) is 15.3 Å². The van der Waals surface area contributed by atoms with Crippen LogP contribution in [0.5, 0.6) is 0 Å². The van der Waals surface area contributed by atoms with Crippen molar-refractivity contribution in [2.45, 2.75) is 18.9 Å². The van der Waals surface area contributed by atoms with Crippen molar-refractivity contribution in [2.75, 3.05) is 24.2 Å². The number of rotatable bonds is 2. The van der Waals surface area contributed by atoms with Gasteiger partial charge < -0.3 is 16.0 Å². The SMILES string of the molecule is CNC(=O)C1CCCN1c1cc(N)ncn1. The van der Waals surface area contributed by atoms with Crippen LogP contribution in [0.1, 0.15) is 12.8 Å². The molecule has 1 aliphatic heterocycles. The molecule has 2 heterocycles. The van der Waals surface area contributed by atoms with Crippen molar-refractivity contribution < 1.29 is 4.79 Å². The van der Waals surface area contributed by atoms with Gasteiger partial charge in [-0.3, -0.25) is 4.79 Å². The quantitative estimate of drug-likeness (QED) is 0.721. The molecule has 1 fully saturated rings. The molecule has 1 atom stereocenters. The number of amides is 1. The first-order valence-electron chi connectivity index (χ1n) is 5.28. The molecule has 0 aliphatic carbocycles. The zero-order valence-electron chi connectivity index (χ0n) is 9.18. The number of nitrogens with one attached hydrogen (secondary N) is 1. The Labute approximate surface area is 93.9 Å². The molecule has 6 nitrogen and oxygen atoms in total.